The van der Waals surface area contributed by atoms with Crippen LogP contribution >= 0.6 is 0 Å². The summed E-state index contributed by atoms with van der Waals surface area (Å²) in [7, 11) is 0. The molecule has 0 saturated heterocycles. The third kappa shape index (κ3) is 3.45. The molecule has 6 heteroatoms. The van der Waals surface area contributed by atoms with Crippen LogP contribution in [0.15, 0.2) is 24.8 Å². The van der Waals surface area contributed by atoms with Crippen molar-refractivity contribution in [2.45, 2.75) is 13.2 Å². The highest BCUT2D eigenvalue weighted by Crippen LogP contribution is 2.29. The smallest absolute Gasteiger partial charge is 0.315 e. The maximum atomic E-state index is 13.4. The molecule has 2 rings (SSSR count). The largest absolute Gasteiger partial charge is 0.467 e. The molecule has 0 bridgehead atoms. The van der Waals surface area contributed by atoms with Gasteiger partial charge in [-0.1, -0.05) is 6.08 Å². The van der Waals surface area contributed by atoms with Crippen molar-refractivity contribution in [2.75, 3.05) is 13.3 Å². The molecule has 0 unspecified atom stereocenters. The molecule has 0 radical (unpaired) electrons. The third-order valence-corrected chi connectivity index (χ3v) is 2.60. The van der Waals surface area contributed by atoms with E-state index in [-0.39, 0.29) is 25.2 Å². The van der Waals surface area contributed by atoms with E-state index in [0.717, 1.165) is 0 Å². The molecule has 2 N–H and O–H groups in total. The number of hydrogen-bond donors (Lipinski definition) is 2. The fraction of sp³-hybridized carbons (Fsp3) is 0.308. The molecule has 1 aliphatic rings. The molecule has 102 valence electrons. The van der Waals surface area contributed by atoms with Gasteiger partial charge in [0.2, 0.25) is 0 Å². The second-order valence-electron chi connectivity index (χ2n) is 4.02. The first kappa shape index (κ1) is 13.4. The van der Waals surface area contributed by atoms with Gasteiger partial charge >= 0.3 is 6.03 Å². The predicted octanol–water partition coefficient (Wildman–Crippen LogP) is 1.68. The average Bonchev–Trinajstić information content (AvgIpc) is 2.42. The molecule has 1 aliphatic heterocycles. The highest BCUT2D eigenvalue weighted by molar-refractivity contribution is 5.74. The molecule has 5 nitrogen and oxygen atoms in total. The summed E-state index contributed by atoms with van der Waals surface area (Å²) < 4.78 is 23.9. The van der Waals surface area contributed by atoms with Crippen LogP contribution in [0.4, 0.5) is 9.18 Å². The van der Waals surface area contributed by atoms with Crippen LogP contribution in [0, 0.1) is 5.82 Å². The highest BCUT2D eigenvalue weighted by Gasteiger charge is 2.17. The van der Waals surface area contributed by atoms with Crippen molar-refractivity contribution >= 4 is 6.03 Å². The zero-order valence-corrected chi connectivity index (χ0v) is 10.4. The first-order valence-electron chi connectivity index (χ1n) is 5.85. The van der Waals surface area contributed by atoms with Crippen LogP contribution < -0.4 is 15.4 Å². The number of fused-ring (bicyclic) bond motifs is 1. The van der Waals surface area contributed by atoms with E-state index in [1.165, 1.54) is 12.1 Å². The summed E-state index contributed by atoms with van der Waals surface area (Å²) in [6.45, 7) is 4.49. The van der Waals surface area contributed by atoms with Gasteiger partial charge in [-0.25, -0.2) is 9.18 Å². The predicted molar refractivity (Wildman–Crippen MR) is 67.1 cm³/mol. The van der Waals surface area contributed by atoms with Crippen LogP contribution in [0.3, 0.4) is 0 Å². The zero-order chi connectivity index (χ0) is 13.7. The van der Waals surface area contributed by atoms with Gasteiger partial charge in [0, 0.05) is 24.2 Å². The minimum absolute atomic E-state index is 0.133. The second kappa shape index (κ2) is 6.19. The Morgan fingerprint density at radius 3 is 3.11 bits per heavy atom. The molecule has 1 heterocycles. The quantitative estimate of drug-likeness (QED) is 0.815. The standard InChI is InChI=1S/C13H15FN2O3/c1-2-3-15-13(17)16-6-9-4-11(14)5-10-7-18-8-19-12(9)10/h2,4-5H,1,3,6-8H2,(H2,15,16,17). The number of hydrogen-bond acceptors (Lipinski definition) is 3. The summed E-state index contributed by atoms with van der Waals surface area (Å²) in [4.78, 5) is 11.4. The lowest BCUT2D eigenvalue weighted by atomic mass is 10.1. The van der Waals surface area contributed by atoms with Crippen LogP contribution in [-0.4, -0.2) is 19.4 Å². The lowest BCUT2D eigenvalue weighted by Gasteiger charge is -2.21. The molecule has 1 aromatic rings. The Bertz CT molecular complexity index is 491. The molecule has 0 aromatic heterocycles. The van der Waals surface area contributed by atoms with Crippen molar-refractivity contribution in [1.29, 1.82) is 0 Å². The molecule has 0 aliphatic carbocycles. The fourth-order valence-electron chi connectivity index (χ4n) is 1.79. The summed E-state index contributed by atoms with van der Waals surface area (Å²) in [5.74, 6) is 0.202. The van der Waals surface area contributed by atoms with E-state index in [2.05, 4.69) is 17.2 Å². The Kier molecular flexibility index (Phi) is 4.35. The summed E-state index contributed by atoms with van der Waals surface area (Å²) in [6, 6.07) is 2.37. The Labute approximate surface area is 110 Å². The van der Waals surface area contributed by atoms with Crippen molar-refractivity contribution in [3.63, 3.8) is 0 Å². The van der Waals surface area contributed by atoms with Crippen molar-refractivity contribution < 1.29 is 18.7 Å². The minimum Gasteiger partial charge on any atom is -0.467 e. The van der Waals surface area contributed by atoms with E-state index < -0.39 is 0 Å². The van der Waals surface area contributed by atoms with Crippen molar-refractivity contribution in [3.8, 4) is 5.75 Å². The van der Waals surface area contributed by atoms with Crippen LogP contribution in [-0.2, 0) is 17.9 Å². The van der Waals surface area contributed by atoms with Crippen molar-refractivity contribution in [2.24, 2.45) is 0 Å². The minimum atomic E-state index is -0.379. The number of amides is 2. The normalized spacial score (nSPS) is 13.1. The maximum Gasteiger partial charge on any atom is 0.315 e. The van der Waals surface area contributed by atoms with E-state index in [1.807, 2.05) is 0 Å². The molecular formula is C13H15FN2O3. The molecule has 19 heavy (non-hydrogen) atoms. The van der Waals surface area contributed by atoms with E-state index >= 15 is 0 Å². The van der Waals surface area contributed by atoms with Gasteiger partial charge in [-0.15, -0.1) is 6.58 Å². The average molecular weight is 266 g/mol. The number of halogens is 1. The monoisotopic (exact) mass is 266 g/mol. The molecule has 1 aromatic carbocycles. The summed E-state index contributed by atoms with van der Waals surface area (Å²) in [5, 5.41) is 5.20. The van der Waals surface area contributed by atoms with E-state index in [0.29, 0.717) is 30.0 Å². The number of carbonyl (C=O) groups is 1. The van der Waals surface area contributed by atoms with E-state index in [4.69, 9.17) is 9.47 Å². The number of nitrogens with one attached hydrogen (secondary N) is 2. The van der Waals surface area contributed by atoms with Gasteiger partial charge in [0.1, 0.15) is 11.6 Å². The van der Waals surface area contributed by atoms with Gasteiger partial charge in [0.05, 0.1) is 6.61 Å². The van der Waals surface area contributed by atoms with Gasteiger partial charge < -0.3 is 20.1 Å². The van der Waals surface area contributed by atoms with Crippen LogP contribution in [0.5, 0.6) is 5.75 Å². The summed E-state index contributed by atoms with van der Waals surface area (Å²) in [5.41, 5.74) is 1.24. The van der Waals surface area contributed by atoms with E-state index in [1.54, 1.807) is 6.08 Å². The van der Waals surface area contributed by atoms with Crippen LogP contribution in [0.1, 0.15) is 11.1 Å². The van der Waals surface area contributed by atoms with Crippen LogP contribution in [0.25, 0.3) is 0 Å². The highest BCUT2D eigenvalue weighted by atomic mass is 19.1. The third-order valence-electron chi connectivity index (χ3n) is 2.60. The molecule has 2 amide bonds. The van der Waals surface area contributed by atoms with Gasteiger partial charge in [-0.3, -0.25) is 0 Å². The SMILES string of the molecule is C=CCNC(=O)NCc1cc(F)cc2c1OCOC2. The van der Waals surface area contributed by atoms with E-state index in [9.17, 15) is 9.18 Å². The number of rotatable bonds is 4. The van der Waals surface area contributed by atoms with Gasteiger partial charge in [0.25, 0.3) is 0 Å². The lowest BCUT2D eigenvalue weighted by Crippen LogP contribution is -2.35. The summed E-state index contributed by atoms with van der Waals surface area (Å²) in [6.07, 6.45) is 1.57. The van der Waals surface area contributed by atoms with Gasteiger partial charge in [-0.2, -0.15) is 0 Å². The van der Waals surface area contributed by atoms with Crippen molar-refractivity contribution in [1.82, 2.24) is 10.6 Å². The Morgan fingerprint density at radius 1 is 1.47 bits per heavy atom. The lowest BCUT2D eigenvalue weighted by molar-refractivity contribution is -0.0173. The first-order chi connectivity index (χ1) is 9.20. The number of urea groups is 1. The molecule has 0 fully saturated rings. The second-order valence-corrected chi connectivity index (χ2v) is 4.02. The Morgan fingerprint density at radius 2 is 2.32 bits per heavy atom. The maximum absolute atomic E-state index is 13.4. The molecule has 0 atom stereocenters. The number of benzene rings is 1. The van der Waals surface area contributed by atoms with Gasteiger partial charge in [-0.05, 0) is 12.1 Å². The topological polar surface area (TPSA) is 59.6 Å². The van der Waals surface area contributed by atoms with Crippen molar-refractivity contribution in [3.05, 3.63) is 41.7 Å². The van der Waals surface area contributed by atoms with Crippen LogP contribution in [0.2, 0.25) is 0 Å². The Balaban J connectivity index is 2.05. The number of ether oxygens (including phenoxy) is 2. The molecular weight excluding hydrogens is 251 g/mol. The first-order valence-corrected chi connectivity index (χ1v) is 5.85. The fourth-order valence-corrected chi connectivity index (χ4v) is 1.79. The molecule has 0 spiro atoms. The van der Waals surface area contributed by atoms with Gasteiger partial charge in [0.15, 0.2) is 6.79 Å². The molecule has 0 saturated carbocycles. The zero-order valence-electron chi connectivity index (χ0n) is 10.4. The Hall–Kier alpha value is -2.08. The summed E-state index contributed by atoms with van der Waals surface area (Å²) >= 11 is 0. The number of carbonyl (C=O) groups excluding carboxylic acids is 1.